The second-order valence-corrected chi connectivity index (χ2v) is 7.38. The second-order valence-electron chi connectivity index (χ2n) is 7.38. The lowest BCUT2D eigenvalue weighted by Gasteiger charge is -2.32. The van der Waals surface area contributed by atoms with Crippen LogP contribution in [0.1, 0.15) is 24.8 Å². The molecule has 0 aliphatic carbocycles. The van der Waals surface area contributed by atoms with Gasteiger partial charge in [-0.2, -0.15) is 0 Å². The van der Waals surface area contributed by atoms with E-state index >= 15 is 0 Å². The van der Waals surface area contributed by atoms with Gasteiger partial charge in [-0.1, -0.05) is 43.3 Å². The number of hydrogen-bond donors (Lipinski definition) is 2. The summed E-state index contributed by atoms with van der Waals surface area (Å²) in [4.78, 5) is 27.8. The van der Waals surface area contributed by atoms with E-state index < -0.39 is 0 Å². The third-order valence-corrected chi connectivity index (χ3v) is 5.19. The Morgan fingerprint density at radius 1 is 1.11 bits per heavy atom. The fraction of sp³-hybridized carbons (Fsp3) is 0.364. The Labute approximate surface area is 165 Å². The minimum absolute atomic E-state index is 0.141. The fourth-order valence-corrected chi connectivity index (χ4v) is 3.54. The molecule has 1 aliphatic rings. The van der Waals surface area contributed by atoms with Gasteiger partial charge in [-0.25, -0.2) is 4.39 Å². The van der Waals surface area contributed by atoms with E-state index in [2.05, 4.69) is 24.4 Å². The standard InChI is InChI=1S/C22H26FN3O2/c1-17(18-6-3-2-4-7-18)14-22(28)26-12-10-25(11-13-26)16-21(27)24-20-9-5-8-19(23)15-20/h2-9,15,17H,10-14,16H2,1H3,(H,24,27)/p+1/t17-/m0/s1. The zero-order chi connectivity index (χ0) is 19.9. The van der Waals surface area contributed by atoms with Gasteiger partial charge in [0.1, 0.15) is 5.82 Å². The smallest absolute Gasteiger partial charge is 0.279 e. The van der Waals surface area contributed by atoms with Crippen LogP contribution in [0.4, 0.5) is 10.1 Å². The van der Waals surface area contributed by atoms with Crippen molar-refractivity contribution in [2.24, 2.45) is 0 Å². The third kappa shape index (κ3) is 5.63. The fourth-order valence-electron chi connectivity index (χ4n) is 3.54. The van der Waals surface area contributed by atoms with Crippen LogP contribution in [0.25, 0.3) is 0 Å². The van der Waals surface area contributed by atoms with Crippen LogP contribution in [0.3, 0.4) is 0 Å². The average molecular weight is 384 g/mol. The Balaban J connectivity index is 1.42. The number of benzene rings is 2. The van der Waals surface area contributed by atoms with Gasteiger partial charge < -0.3 is 15.1 Å². The maximum atomic E-state index is 13.2. The molecule has 2 amide bonds. The van der Waals surface area contributed by atoms with Gasteiger partial charge in [0.25, 0.3) is 5.91 Å². The SMILES string of the molecule is C[C@@H](CC(=O)N1CC[NH+](CC(=O)Nc2cccc(F)c2)CC1)c1ccccc1. The molecule has 28 heavy (non-hydrogen) atoms. The summed E-state index contributed by atoms with van der Waals surface area (Å²) in [7, 11) is 0. The first kappa shape index (κ1) is 20.0. The summed E-state index contributed by atoms with van der Waals surface area (Å²) in [5.41, 5.74) is 1.64. The second kappa shape index (κ2) is 9.46. The van der Waals surface area contributed by atoms with Gasteiger partial charge in [-0.05, 0) is 29.7 Å². The largest absolute Gasteiger partial charge is 0.331 e. The highest BCUT2D eigenvalue weighted by Gasteiger charge is 2.26. The molecule has 0 saturated carbocycles. The Bertz CT molecular complexity index is 804. The topological polar surface area (TPSA) is 53.9 Å². The predicted octanol–water partition coefficient (Wildman–Crippen LogP) is 1.69. The lowest BCUT2D eigenvalue weighted by Crippen LogP contribution is -3.15. The number of nitrogens with one attached hydrogen (secondary N) is 2. The van der Waals surface area contributed by atoms with E-state index in [0.717, 1.165) is 18.0 Å². The van der Waals surface area contributed by atoms with E-state index in [-0.39, 0.29) is 23.5 Å². The third-order valence-electron chi connectivity index (χ3n) is 5.19. The maximum absolute atomic E-state index is 13.2. The molecule has 0 spiro atoms. The molecular formula is C22H27FN3O2+. The number of carbonyl (C=O) groups excluding carboxylic acids is 2. The number of hydrogen-bond acceptors (Lipinski definition) is 2. The van der Waals surface area contributed by atoms with Gasteiger partial charge in [0.2, 0.25) is 5.91 Å². The van der Waals surface area contributed by atoms with Crippen molar-refractivity contribution in [2.45, 2.75) is 19.3 Å². The molecule has 148 valence electrons. The van der Waals surface area contributed by atoms with E-state index in [9.17, 15) is 14.0 Å². The number of rotatable bonds is 6. The molecule has 1 fully saturated rings. The van der Waals surface area contributed by atoms with Crippen molar-refractivity contribution in [1.29, 1.82) is 0 Å². The summed E-state index contributed by atoms with van der Waals surface area (Å²) in [6.45, 7) is 5.18. The number of anilines is 1. The molecule has 5 nitrogen and oxygen atoms in total. The number of halogens is 1. The molecular weight excluding hydrogens is 357 g/mol. The lowest BCUT2D eigenvalue weighted by atomic mass is 9.97. The Hall–Kier alpha value is -2.73. The van der Waals surface area contributed by atoms with Crippen molar-refractivity contribution in [1.82, 2.24) is 4.90 Å². The van der Waals surface area contributed by atoms with E-state index in [1.54, 1.807) is 12.1 Å². The zero-order valence-electron chi connectivity index (χ0n) is 16.2. The van der Waals surface area contributed by atoms with Crippen LogP contribution in [-0.2, 0) is 9.59 Å². The van der Waals surface area contributed by atoms with E-state index in [0.29, 0.717) is 31.7 Å². The molecule has 1 saturated heterocycles. The van der Waals surface area contributed by atoms with Crippen LogP contribution in [0.5, 0.6) is 0 Å². The molecule has 3 rings (SSSR count). The summed E-state index contributed by atoms with van der Waals surface area (Å²) in [5, 5.41) is 2.73. The molecule has 6 heteroatoms. The Morgan fingerprint density at radius 3 is 2.50 bits per heavy atom. The lowest BCUT2D eigenvalue weighted by molar-refractivity contribution is -0.895. The summed E-state index contributed by atoms with van der Waals surface area (Å²) < 4.78 is 13.2. The number of carbonyl (C=O) groups is 2. The molecule has 0 radical (unpaired) electrons. The number of amides is 2. The predicted molar refractivity (Wildman–Crippen MR) is 107 cm³/mol. The highest BCUT2D eigenvalue weighted by atomic mass is 19.1. The van der Waals surface area contributed by atoms with Crippen molar-refractivity contribution in [3.8, 4) is 0 Å². The first-order valence-corrected chi connectivity index (χ1v) is 9.73. The molecule has 1 aliphatic heterocycles. The zero-order valence-corrected chi connectivity index (χ0v) is 16.2. The number of nitrogens with zero attached hydrogens (tertiary/aromatic N) is 1. The van der Waals surface area contributed by atoms with Gasteiger partial charge in [0.05, 0.1) is 26.2 Å². The monoisotopic (exact) mass is 384 g/mol. The van der Waals surface area contributed by atoms with Crippen LogP contribution < -0.4 is 10.2 Å². The summed E-state index contributed by atoms with van der Waals surface area (Å²) in [6, 6.07) is 16.0. The van der Waals surface area contributed by atoms with Crippen LogP contribution in [-0.4, -0.2) is 49.4 Å². The van der Waals surface area contributed by atoms with Gasteiger partial charge in [0, 0.05) is 12.1 Å². The molecule has 1 heterocycles. The van der Waals surface area contributed by atoms with Crippen LogP contribution >= 0.6 is 0 Å². The molecule has 2 N–H and O–H groups in total. The maximum Gasteiger partial charge on any atom is 0.279 e. The summed E-state index contributed by atoms with van der Waals surface area (Å²) >= 11 is 0. The summed E-state index contributed by atoms with van der Waals surface area (Å²) in [5.74, 6) is -0.157. The van der Waals surface area contributed by atoms with Crippen LogP contribution in [0.15, 0.2) is 54.6 Å². The van der Waals surface area contributed by atoms with Gasteiger partial charge in [-0.3, -0.25) is 9.59 Å². The highest BCUT2D eigenvalue weighted by molar-refractivity contribution is 5.91. The van der Waals surface area contributed by atoms with Gasteiger partial charge in [-0.15, -0.1) is 0 Å². The number of quaternary nitrogens is 1. The van der Waals surface area contributed by atoms with Crippen molar-refractivity contribution < 1.29 is 18.9 Å². The van der Waals surface area contributed by atoms with Gasteiger partial charge in [0.15, 0.2) is 6.54 Å². The average Bonchev–Trinajstić information content (AvgIpc) is 2.69. The molecule has 0 aromatic heterocycles. The van der Waals surface area contributed by atoms with Crippen molar-refractivity contribution >= 4 is 17.5 Å². The van der Waals surface area contributed by atoms with E-state index in [1.165, 1.54) is 17.7 Å². The van der Waals surface area contributed by atoms with Gasteiger partial charge >= 0.3 is 0 Å². The van der Waals surface area contributed by atoms with E-state index in [4.69, 9.17) is 0 Å². The first-order valence-electron chi connectivity index (χ1n) is 9.73. The van der Waals surface area contributed by atoms with Crippen LogP contribution in [0, 0.1) is 5.82 Å². The Kier molecular flexibility index (Phi) is 6.76. The number of piperazine rings is 1. The van der Waals surface area contributed by atoms with E-state index in [1.807, 2.05) is 23.1 Å². The minimum atomic E-state index is -0.373. The van der Waals surface area contributed by atoms with Crippen LogP contribution in [0.2, 0.25) is 0 Å². The molecule has 0 bridgehead atoms. The molecule has 1 atom stereocenters. The van der Waals surface area contributed by atoms with Crippen molar-refractivity contribution in [3.05, 3.63) is 66.0 Å². The quantitative estimate of drug-likeness (QED) is 0.796. The van der Waals surface area contributed by atoms with Crippen molar-refractivity contribution in [3.63, 3.8) is 0 Å². The minimum Gasteiger partial charge on any atom is -0.331 e. The normalized spacial score (nSPS) is 15.9. The highest BCUT2D eigenvalue weighted by Crippen LogP contribution is 2.19. The Morgan fingerprint density at radius 2 is 1.82 bits per heavy atom. The van der Waals surface area contributed by atoms with Crippen molar-refractivity contribution in [2.75, 3.05) is 38.0 Å². The molecule has 2 aromatic carbocycles. The molecule has 2 aromatic rings. The summed E-state index contributed by atoms with van der Waals surface area (Å²) in [6.07, 6.45) is 0.499. The molecule has 0 unspecified atom stereocenters. The first-order chi connectivity index (χ1) is 13.5.